The Morgan fingerprint density at radius 2 is 2.25 bits per heavy atom. The van der Waals surface area contributed by atoms with Crippen LogP contribution in [0.15, 0.2) is 28.7 Å². The molecule has 1 N–H and O–H groups in total. The van der Waals surface area contributed by atoms with Crippen LogP contribution in [0.1, 0.15) is 29.5 Å². The van der Waals surface area contributed by atoms with Gasteiger partial charge in [0.05, 0.1) is 6.10 Å². The molecule has 1 fully saturated rings. The molecule has 1 amide bonds. The van der Waals surface area contributed by atoms with Crippen molar-refractivity contribution < 1.29 is 14.3 Å². The molecule has 1 aromatic carbocycles. The van der Waals surface area contributed by atoms with Gasteiger partial charge in [0.15, 0.2) is 5.76 Å². The molecule has 0 aliphatic carbocycles. The molecule has 0 spiro atoms. The number of hydrogen-bond donors (Lipinski definition) is 1. The Balaban J connectivity index is 1.82. The van der Waals surface area contributed by atoms with Gasteiger partial charge in [-0.15, -0.1) is 0 Å². The van der Waals surface area contributed by atoms with Crippen molar-refractivity contribution in [2.75, 3.05) is 13.1 Å². The van der Waals surface area contributed by atoms with Crippen molar-refractivity contribution in [2.45, 2.75) is 26.4 Å². The zero-order chi connectivity index (χ0) is 14.3. The van der Waals surface area contributed by atoms with Crippen molar-refractivity contribution >= 4 is 16.9 Å². The molecule has 2 aromatic rings. The fourth-order valence-electron chi connectivity index (χ4n) is 2.79. The van der Waals surface area contributed by atoms with Crippen LogP contribution in [-0.4, -0.2) is 35.1 Å². The molecule has 106 valence electrons. The molecule has 1 saturated heterocycles. The van der Waals surface area contributed by atoms with Gasteiger partial charge in [-0.1, -0.05) is 11.6 Å². The Hall–Kier alpha value is -1.81. The molecular weight excluding hydrogens is 254 g/mol. The van der Waals surface area contributed by atoms with E-state index in [1.165, 1.54) is 0 Å². The van der Waals surface area contributed by atoms with E-state index in [4.69, 9.17) is 4.42 Å². The summed E-state index contributed by atoms with van der Waals surface area (Å²) < 4.78 is 5.64. The highest BCUT2D eigenvalue weighted by Gasteiger charge is 2.30. The number of amides is 1. The Morgan fingerprint density at radius 3 is 2.95 bits per heavy atom. The third-order valence-corrected chi connectivity index (χ3v) is 4.08. The number of aryl methyl sites for hydroxylation is 1. The maximum Gasteiger partial charge on any atom is 0.289 e. The standard InChI is InChI=1S/C16H19NO3/c1-10-3-4-14-13(7-10)8-15(20-14)16(19)17-6-5-12(9-17)11(2)18/h3-4,7-8,11-12,18H,5-6,9H2,1-2H3. The normalized spacial score (nSPS) is 20.6. The minimum Gasteiger partial charge on any atom is -0.451 e. The van der Waals surface area contributed by atoms with Crippen LogP contribution in [-0.2, 0) is 0 Å². The minimum absolute atomic E-state index is 0.0815. The van der Waals surface area contributed by atoms with E-state index in [0.717, 1.165) is 23.0 Å². The first-order valence-electron chi connectivity index (χ1n) is 7.02. The third kappa shape index (κ3) is 2.31. The summed E-state index contributed by atoms with van der Waals surface area (Å²) in [6.45, 7) is 5.08. The molecular formula is C16H19NO3. The van der Waals surface area contributed by atoms with E-state index < -0.39 is 0 Å². The van der Waals surface area contributed by atoms with Gasteiger partial charge in [-0.25, -0.2) is 0 Å². The van der Waals surface area contributed by atoms with Gasteiger partial charge in [-0.2, -0.15) is 0 Å². The zero-order valence-electron chi connectivity index (χ0n) is 11.8. The molecule has 4 heteroatoms. The van der Waals surface area contributed by atoms with Gasteiger partial charge < -0.3 is 14.4 Å². The number of aliphatic hydroxyl groups excluding tert-OH is 1. The molecule has 2 heterocycles. The number of hydrogen-bond acceptors (Lipinski definition) is 3. The molecule has 0 radical (unpaired) electrons. The van der Waals surface area contributed by atoms with Crippen LogP contribution in [0.25, 0.3) is 11.0 Å². The Morgan fingerprint density at radius 1 is 1.45 bits per heavy atom. The maximum absolute atomic E-state index is 12.4. The smallest absolute Gasteiger partial charge is 0.289 e. The number of aliphatic hydroxyl groups is 1. The van der Waals surface area contributed by atoms with Crippen molar-refractivity contribution in [3.8, 4) is 0 Å². The fourth-order valence-corrected chi connectivity index (χ4v) is 2.79. The van der Waals surface area contributed by atoms with Crippen LogP contribution in [0.4, 0.5) is 0 Å². The average molecular weight is 273 g/mol. The SMILES string of the molecule is Cc1ccc2oc(C(=O)N3CCC(C(C)O)C3)cc2c1. The lowest BCUT2D eigenvalue weighted by Crippen LogP contribution is -2.30. The van der Waals surface area contributed by atoms with Crippen molar-refractivity contribution in [1.82, 2.24) is 4.90 Å². The highest BCUT2D eigenvalue weighted by molar-refractivity contribution is 5.96. The summed E-state index contributed by atoms with van der Waals surface area (Å²) >= 11 is 0. The maximum atomic E-state index is 12.4. The number of rotatable bonds is 2. The topological polar surface area (TPSA) is 53.7 Å². The Labute approximate surface area is 118 Å². The molecule has 1 aliphatic heterocycles. The Kier molecular flexibility index (Phi) is 3.26. The number of fused-ring (bicyclic) bond motifs is 1. The van der Waals surface area contributed by atoms with Crippen molar-refractivity contribution in [1.29, 1.82) is 0 Å². The summed E-state index contributed by atoms with van der Waals surface area (Å²) in [5, 5.41) is 10.6. The van der Waals surface area contributed by atoms with Crippen LogP contribution in [0, 0.1) is 12.8 Å². The summed E-state index contributed by atoms with van der Waals surface area (Å²) in [7, 11) is 0. The summed E-state index contributed by atoms with van der Waals surface area (Å²) in [6, 6.07) is 7.68. The molecule has 4 nitrogen and oxygen atoms in total. The van der Waals surface area contributed by atoms with Crippen molar-refractivity contribution in [3.05, 3.63) is 35.6 Å². The second-order valence-electron chi connectivity index (χ2n) is 5.69. The molecule has 1 aliphatic rings. The van der Waals surface area contributed by atoms with Crippen molar-refractivity contribution in [2.24, 2.45) is 5.92 Å². The van der Waals surface area contributed by atoms with Gasteiger partial charge >= 0.3 is 0 Å². The van der Waals surface area contributed by atoms with Crippen LogP contribution in [0.3, 0.4) is 0 Å². The molecule has 20 heavy (non-hydrogen) atoms. The molecule has 3 rings (SSSR count). The van der Waals surface area contributed by atoms with Crippen LogP contribution in [0.5, 0.6) is 0 Å². The molecule has 0 saturated carbocycles. The fraction of sp³-hybridized carbons (Fsp3) is 0.438. The number of likely N-dealkylation sites (tertiary alicyclic amines) is 1. The van der Waals surface area contributed by atoms with Gasteiger partial charge in [0.2, 0.25) is 0 Å². The largest absolute Gasteiger partial charge is 0.451 e. The highest BCUT2D eigenvalue weighted by atomic mass is 16.3. The van der Waals surface area contributed by atoms with Gasteiger partial charge in [-0.05, 0) is 38.5 Å². The number of benzene rings is 1. The van der Waals surface area contributed by atoms with Crippen LogP contribution < -0.4 is 0 Å². The summed E-state index contributed by atoms with van der Waals surface area (Å²) in [6.07, 6.45) is 0.481. The van der Waals surface area contributed by atoms with Gasteiger partial charge in [0.1, 0.15) is 5.58 Å². The summed E-state index contributed by atoms with van der Waals surface area (Å²) in [5.74, 6) is 0.476. The zero-order valence-corrected chi connectivity index (χ0v) is 11.8. The predicted octanol–water partition coefficient (Wildman–Crippen LogP) is 2.58. The van der Waals surface area contributed by atoms with E-state index in [0.29, 0.717) is 18.8 Å². The third-order valence-electron chi connectivity index (χ3n) is 4.08. The highest BCUT2D eigenvalue weighted by Crippen LogP contribution is 2.25. The van der Waals surface area contributed by atoms with E-state index in [1.54, 1.807) is 17.9 Å². The monoisotopic (exact) mass is 273 g/mol. The van der Waals surface area contributed by atoms with Gasteiger partial charge in [-0.3, -0.25) is 4.79 Å². The number of carbonyl (C=O) groups is 1. The van der Waals surface area contributed by atoms with E-state index in [9.17, 15) is 9.90 Å². The van der Waals surface area contributed by atoms with E-state index in [1.807, 2.05) is 25.1 Å². The first-order valence-corrected chi connectivity index (χ1v) is 7.02. The summed E-state index contributed by atoms with van der Waals surface area (Å²) in [5.41, 5.74) is 1.89. The second-order valence-corrected chi connectivity index (χ2v) is 5.69. The lowest BCUT2D eigenvalue weighted by molar-refractivity contribution is 0.0734. The van der Waals surface area contributed by atoms with E-state index in [-0.39, 0.29) is 17.9 Å². The van der Waals surface area contributed by atoms with Crippen LogP contribution in [0.2, 0.25) is 0 Å². The molecule has 2 atom stereocenters. The first-order chi connectivity index (χ1) is 9.54. The molecule has 1 aromatic heterocycles. The van der Waals surface area contributed by atoms with E-state index in [2.05, 4.69) is 0 Å². The predicted molar refractivity (Wildman–Crippen MR) is 76.6 cm³/mol. The van der Waals surface area contributed by atoms with E-state index >= 15 is 0 Å². The lowest BCUT2D eigenvalue weighted by atomic mass is 10.0. The molecule has 0 bridgehead atoms. The van der Waals surface area contributed by atoms with Gasteiger partial charge in [0, 0.05) is 24.4 Å². The number of carbonyl (C=O) groups excluding carboxylic acids is 1. The molecule has 2 unspecified atom stereocenters. The second kappa shape index (κ2) is 4.94. The first kappa shape index (κ1) is 13.2. The number of furan rings is 1. The minimum atomic E-state index is -0.369. The van der Waals surface area contributed by atoms with Crippen molar-refractivity contribution in [3.63, 3.8) is 0 Å². The Bertz CT molecular complexity index is 644. The van der Waals surface area contributed by atoms with Gasteiger partial charge in [0.25, 0.3) is 5.91 Å². The average Bonchev–Trinajstić information content (AvgIpc) is 3.03. The lowest BCUT2D eigenvalue weighted by Gasteiger charge is -2.16. The number of nitrogens with zero attached hydrogens (tertiary/aromatic N) is 1. The van der Waals surface area contributed by atoms with Crippen LogP contribution >= 0.6 is 0 Å². The quantitative estimate of drug-likeness (QED) is 0.915. The summed E-state index contributed by atoms with van der Waals surface area (Å²) in [4.78, 5) is 14.2.